The van der Waals surface area contributed by atoms with E-state index in [1.807, 2.05) is 41.5 Å². The maximum absolute atomic E-state index is 13.1. The number of amides is 2. The third-order valence-corrected chi connectivity index (χ3v) is 11.2. The normalized spacial score (nSPS) is 20.0. The molecule has 220 valence electrons. The predicted octanol–water partition coefficient (Wildman–Crippen LogP) is -0.207. The fourth-order valence-electron chi connectivity index (χ4n) is 3.79. The number of carbonyl (C=O) groups excluding carboxylic acids is 2. The van der Waals surface area contributed by atoms with Crippen LogP contribution in [0.2, 0.25) is 0 Å². The van der Waals surface area contributed by atoms with E-state index in [4.69, 9.17) is 4.89 Å². The van der Waals surface area contributed by atoms with Crippen LogP contribution in [0.5, 0.6) is 0 Å². The summed E-state index contributed by atoms with van der Waals surface area (Å²) in [6, 6.07) is 2.60. The Bertz CT molecular complexity index is 1670. The largest absolute Gasteiger partial charge is 0.773 e. The molecule has 5 rings (SSSR count). The van der Waals surface area contributed by atoms with Crippen molar-refractivity contribution < 1.29 is 47.6 Å². The molecule has 3 aromatic heterocycles. The number of pyridine rings is 1. The highest BCUT2D eigenvalue weighted by Crippen LogP contribution is 2.46. The number of aryl methyl sites for hydroxylation is 1. The summed E-state index contributed by atoms with van der Waals surface area (Å²) in [5, 5.41) is 16.7. The number of thiazole rings is 1. The summed E-state index contributed by atoms with van der Waals surface area (Å²) in [6.45, 7) is -1.44. The van der Waals surface area contributed by atoms with Crippen LogP contribution in [0.1, 0.15) is 5.82 Å². The van der Waals surface area contributed by atoms with E-state index in [0.717, 1.165) is 27.9 Å². The van der Waals surface area contributed by atoms with Gasteiger partial charge in [-0.25, -0.2) is 23.7 Å². The molecule has 2 aliphatic heterocycles. The number of β-lactam (4-membered cyclic amide) rings is 1. The van der Waals surface area contributed by atoms with Gasteiger partial charge in [-0.1, -0.05) is 16.9 Å². The van der Waals surface area contributed by atoms with Crippen molar-refractivity contribution in [2.24, 2.45) is 12.2 Å². The van der Waals surface area contributed by atoms with Crippen LogP contribution in [0.3, 0.4) is 0 Å². The lowest BCUT2D eigenvalue weighted by Crippen LogP contribution is -2.71. The first-order valence-corrected chi connectivity index (χ1v) is 16.5. The number of aromatic nitrogens is 4. The average molecular weight is 674 g/mol. The number of thioether (sulfide) groups is 2. The standard InChI is InChI=1S/C21H17FN7O8PS4/c1-28-4-2-9(3-5-28)10-6-40-21(23-10)41-11-7-39-18-13(17(31)29(18)14(11)19(32)33)24-16(30)12(26-37-8-22)15-25-20(42-27-15)38(34,35)36/h2-6,13,18H,7-8H2,1H3,(H3-,24,30,32,33,34,35,36)/b26-12-/t13-,18?/m0/s1. The van der Waals surface area contributed by atoms with Crippen LogP contribution >= 0.6 is 54.0 Å². The van der Waals surface area contributed by atoms with Crippen molar-refractivity contribution in [3.8, 4) is 11.3 Å². The van der Waals surface area contributed by atoms with Crippen LogP contribution in [-0.4, -0.2) is 76.8 Å². The van der Waals surface area contributed by atoms with E-state index in [2.05, 4.69) is 29.7 Å². The Morgan fingerprint density at radius 1 is 1.38 bits per heavy atom. The van der Waals surface area contributed by atoms with Gasteiger partial charge >= 0.3 is 5.97 Å². The van der Waals surface area contributed by atoms with Gasteiger partial charge in [0.15, 0.2) is 29.1 Å². The zero-order chi connectivity index (χ0) is 30.2. The number of aliphatic carboxylic acids is 1. The molecule has 5 heterocycles. The lowest BCUT2D eigenvalue weighted by Gasteiger charge is -2.49. The van der Waals surface area contributed by atoms with Crippen molar-refractivity contribution in [2.75, 3.05) is 12.6 Å². The van der Waals surface area contributed by atoms with Crippen molar-refractivity contribution in [2.45, 2.75) is 15.8 Å². The van der Waals surface area contributed by atoms with Gasteiger partial charge in [0.25, 0.3) is 18.7 Å². The van der Waals surface area contributed by atoms with Crippen molar-refractivity contribution >= 4 is 82.2 Å². The van der Waals surface area contributed by atoms with Gasteiger partial charge in [-0.2, -0.15) is 4.37 Å². The zero-order valence-electron chi connectivity index (χ0n) is 20.9. The molecule has 3 aromatic rings. The molecule has 2 unspecified atom stereocenters. The molecule has 0 aromatic carbocycles. The molecule has 0 saturated carbocycles. The zero-order valence-corrected chi connectivity index (χ0v) is 25.1. The lowest BCUT2D eigenvalue weighted by molar-refractivity contribution is -0.671. The molecule has 42 heavy (non-hydrogen) atoms. The summed E-state index contributed by atoms with van der Waals surface area (Å²) >= 11 is 3.91. The van der Waals surface area contributed by atoms with Crippen molar-refractivity contribution in [1.29, 1.82) is 0 Å². The molecule has 0 aliphatic carbocycles. The molecule has 15 nitrogen and oxygen atoms in total. The number of carbonyl (C=O) groups is 3. The first-order chi connectivity index (χ1) is 20.0. The van der Waals surface area contributed by atoms with Gasteiger partial charge in [-0.05, 0) is 11.5 Å². The SMILES string of the molecule is C[n+]1ccc(-c2csc(SC3=C(C(=O)O)N4C(=O)[C@H](NC(=O)/C(=N\OCF)c5nsc(P(=O)([O-])O)n5)C4SC3)n2)cc1. The summed E-state index contributed by atoms with van der Waals surface area (Å²) in [7, 11) is -3.16. The van der Waals surface area contributed by atoms with Crippen molar-refractivity contribution in [3.05, 3.63) is 46.3 Å². The quantitative estimate of drug-likeness (QED) is 0.0838. The van der Waals surface area contributed by atoms with Crippen LogP contribution in [0, 0.1) is 0 Å². The topological polar surface area (TPSA) is 211 Å². The Morgan fingerprint density at radius 2 is 2.12 bits per heavy atom. The predicted molar refractivity (Wildman–Crippen MR) is 147 cm³/mol. The highest BCUT2D eigenvalue weighted by Gasteiger charge is 2.54. The third kappa shape index (κ3) is 6.10. The first-order valence-electron chi connectivity index (χ1n) is 11.4. The molecule has 0 radical (unpaired) electrons. The fourth-order valence-corrected chi connectivity index (χ4v) is 8.43. The third-order valence-electron chi connectivity index (χ3n) is 5.68. The minimum absolute atomic E-state index is 0.196. The second-order valence-electron chi connectivity index (χ2n) is 8.39. The summed E-state index contributed by atoms with van der Waals surface area (Å²) in [4.78, 5) is 72.6. The van der Waals surface area contributed by atoms with E-state index in [-0.39, 0.29) is 23.0 Å². The lowest BCUT2D eigenvalue weighted by atomic mass is 10.0. The second-order valence-corrected chi connectivity index (χ2v) is 14.2. The monoisotopic (exact) mass is 673 g/mol. The van der Waals surface area contributed by atoms with Gasteiger partial charge in [0, 0.05) is 33.7 Å². The van der Waals surface area contributed by atoms with E-state index in [9.17, 15) is 33.3 Å². The highest BCUT2D eigenvalue weighted by molar-refractivity contribution is 8.07. The van der Waals surface area contributed by atoms with Crippen molar-refractivity contribution in [3.63, 3.8) is 0 Å². The minimum Gasteiger partial charge on any atom is -0.773 e. The second kappa shape index (κ2) is 12.2. The Kier molecular flexibility index (Phi) is 8.74. The highest BCUT2D eigenvalue weighted by atomic mass is 32.2. The molecule has 2 amide bonds. The number of nitrogens with zero attached hydrogens (tertiary/aromatic N) is 6. The number of nitrogens with one attached hydrogen (secondary N) is 1. The number of alkyl halides is 1. The Balaban J connectivity index is 1.33. The van der Waals surface area contributed by atoms with Crippen LogP contribution in [-0.2, 0) is 30.8 Å². The van der Waals surface area contributed by atoms with Crippen molar-refractivity contribution in [1.82, 2.24) is 24.6 Å². The molecule has 2 aliphatic rings. The number of carboxylic acids is 1. The van der Waals surface area contributed by atoms with Gasteiger partial charge in [0.05, 0.1) is 5.69 Å². The molecule has 0 spiro atoms. The Labute approximate surface area is 251 Å². The van der Waals surface area contributed by atoms with Crippen LogP contribution < -0.4 is 19.5 Å². The van der Waals surface area contributed by atoms with E-state index < -0.39 is 59.9 Å². The average Bonchev–Trinajstić information content (AvgIpc) is 3.62. The molecule has 21 heteroatoms. The van der Waals surface area contributed by atoms with Gasteiger partial charge in [-0.3, -0.25) is 14.5 Å². The first kappa shape index (κ1) is 30.2. The van der Waals surface area contributed by atoms with Gasteiger partial charge in [0.1, 0.15) is 24.2 Å². The number of oxime groups is 1. The number of hydrogen-bond acceptors (Lipinski definition) is 14. The molecular weight excluding hydrogens is 657 g/mol. The molecule has 0 bridgehead atoms. The summed E-state index contributed by atoms with van der Waals surface area (Å²) in [5.74, 6) is -3.58. The maximum atomic E-state index is 13.1. The fraction of sp³-hybridized carbons (Fsp3) is 0.238. The number of halogens is 1. The molecular formula is C21H17FN7O8PS4. The molecule has 3 N–H and O–H groups in total. The summed E-state index contributed by atoms with van der Waals surface area (Å²) < 4.78 is 29.2. The number of hydrogen-bond donors (Lipinski definition) is 3. The summed E-state index contributed by atoms with van der Waals surface area (Å²) in [5.41, 5.74) is 0.614. The van der Waals surface area contributed by atoms with E-state index in [1.54, 1.807) is 0 Å². The van der Waals surface area contributed by atoms with E-state index >= 15 is 0 Å². The number of carboxylic acid groups (broad SMARTS) is 1. The number of fused-ring (bicyclic) bond motifs is 1. The molecule has 1 fully saturated rings. The van der Waals surface area contributed by atoms with E-state index in [0.29, 0.717) is 9.24 Å². The van der Waals surface area contributed by atoms with Gasteiger partial charge in [0.2, 0.25) is 11.5 Å². The number of rotatable bonds is 10. The summed E-state index contributed by atoms with van der Waals surface area (Å²) in [6.07, 6.45) is 3.76. The molecule has 1 saturated heterocycles. The molecule has 3 atom stereocenters. The van der Waals surface area contributed by atoms with Crippen LogP contribution in [0.4, 0.5) is 4.39 Å². The Morgan fingerprint density at radius 3 is 2.76 bits per heavy atom. The smallest absolute Gasteiger partial charge is 0.353 e. The minimum atomic E-state index is -5.05. The van der Waals surface area contributed by atoms with Crippen LogP contribution in [0.15, 0.2) is 50.0 Å². The van der Waals surface area contributed by atoms with Crippen LogP contribution in [0.25, 0.3) is 11.3 Å². The maximum Gasteiger partial charge on any atom is 0.353 e. The van der Waals surface area contributed by atoms with Gasteiger partial charge in [-0.15, -0.1) is 23.1 Å². The van der Waals surface area contributed by atoms with Gasteiger partial charge < -0.3 is 29.6 Å². The Hall–Kier alpha value is -3.26. The van der Waals surface area contributed by atoms with E-state index in [1.165, 1.54) is 23.1 Å².